The third kappa shape index (κ3) is 1.80. The molecule has 0 saturated carbocycles. The summed E-state index contributed by atoms with van der Waals surface area (Å²) in [5.41, 5.74) is 7.71. The summed E-state index contributed by atoms with van der Waals surface area (Å²) < 4.78 is 0. The van der Waals surface area contributed by atoms with Crippen molar-refractivity contribution in [1.29, 1.82) is 0 Å². The summed E-state index contributed by atoms with van der Waals surface area (Å²) in [5, 5.41) is 13.3. The van der Waals surface area contributed by atoms with Crippen molar-refractivity contribution in [3.63, 3.8) is 0 Å². The van der Waals surface area contributed by atoms with Crippen LogP contribution in [0.5, 0.6) is 0 Å². The molecule has 0 unspecified atom stereocenters. The van der Waals surface area contributed by atoms with Crippen LogP contribution >= 0.6 is 11.8 Å². The van der Waals surface area contributed by atoms with Crippen molar-refractivity contribution in [2.24, 2.45) is 5.11 Å². The lowest BCUT2D eigenvalue weighted by atomic mass is 9.86. The van der Waals surface area contributed by atoms with Crippen molar-refractivity contribution < 1.29 is 9.90 Å². The lowest BCUT2D eigenvalue weighted by Gasteiger charge is -2.34. The first kappa shape index (κ1) is 12.0. The number of nitrogens with zero attached hydrogens (tertiary/aromatic N) is 3. The molecule has 1 aromatic carbocycles. The summed E-state index contributed by atoms with van der Waals surface area (Å²) in [7, 11) is 0. The molecule has 0 radical (unpaired) electrons. The van der Waals surface area contributed by atoms with Gasteiger partial charge in [0.15, 0.2) is 5.78 Å². The van der Waals surface area contributed by atoms with E-state index in [1.54, 1.807) is 12.1 Å². The highest BCUT2D eigenvalue weighted by atomic mass is 32.2. The third-order valence-corrected chi connectivity index (χ3v) is 4.14. The Kier molecular flexibility index (Phi) is 3.11. The Balaban J connectivity index is 2.55. The first-order valence-electron chi connectivity index (χ1n) is 5.13. The van der Waals surface area contributed by atoms with Crippen LogP contribution in [0.15, 0.2) is 34.3 Å². The zero-order valence-electron chi connectivity index (χ0n) is 9.20. The molecule has 0 bridgehead atoms. The molecule has 0 saturated heterocycles. The van der Waals surface area contributed by atoms with Crippen LogP contribution in [-0.2, 0) is 0 Å². The van der Waals surface area contributed by atoms with E-state index in [1.165, 1.54) is 18.7 Å². The number of fused-ring (bicyclic) bond motifs is 1. The van der Waals surface area contributed by atoms with E-state index >= 15 is 0 Å². The Bertz CT molecular complexity index is 511. The van der Waals surface area contributed by atoms with Gasteiger partial charge in [0.2, 0.25) is 0 Å². The van der Waals surface area contributed by atoms with Crippen LogP contribution < -0.4 is 0 Å². The van der Waals surface area contributed by atoms with Gasteiger partial charge in [0.1, 0.15) is 5.54 Å². The van der Waals surface area contributed by atoms with Crippen molar-refractivity contribution in [3.05, 3.63) is 40.3 Å². The molecule has 0 aliphatic carbocycles. The summed E-state index contributed by atoms with van der Waals surface area (Å²) in [6.07, 6.45) is -1.01. The van der Waals surface area contributed by atoms with Gasteiger partial charge in [0.25, 0.3) is 0 Å². The van der Waals surface area contributed by atoms with Crippen molar-refractivity contribution in [2.75, 3.05) is 5.75 Å². The highest BCUT2D eigenvalue weighted by molar-refractivity contribution is 7.99. The van der Waals surface area contributed by atoms with Crippen LogP contribution in [0.3, 0.4) is 0 Å². The zero-order valence-corrected chi connectivity index (χ0v) is 10.0. The molecule has 6 heteroatoms. The van der Waals surface area contributed by atoms with E-state index in [0.29, 0.717) is 5.56 Å². The van der Waals surface area contributed by atoms with Crippen molar-refractivity contribution in [3.8, 4) is 0 Å². The molecule has 1 heterocycles. The van der Waals surface area contributed by atoms with Gasteiger partial charge in [0.05, 0.1) is 6.10 Å². The minimum atomic E-state index is -1.38. The van der Waals surface area contributed by atoms with Crippen molar-refractivity contribution >= 4 is 17.5 Å². The molecule has 0 amide bonds. The van der Waals surface area contributed by atoms with Crippen LogP contribution in [0.1, 0.15) is 17.3 Å². The SMILES string of the molecule is C[C@H](O)[C@@]1(N=[N+]=[N-])CSc2ccccc2C1=O. The largest absolute Gasteiger partial charge is 0.392 e. The smallest absolute Gasteiger partial charge is 0.179 e. The van der Waals surface area contributed by atoms with Gasteiger partial charge in [-0.3, -0.25) is 4.79 Å². The third-order valence-electron chi connectivity index (χ3n) is 2.89. The normalized spacial score (nSPS) is 24.7. The predicted molar refractivity (Wildman–Crippen MR) is 65.1 cm³/mol. The predicted octanol–water partition coefficient (Wildman–Crippen LogP) is 2.40. The zero-order chi connectivity index (χ0) is 12.5. The molecule has 5 nitrogen and oxygen atoms in total. The number of aliphatic hydroxyl groups is 1. The van der Waals surface area contributed by atoms with Gasteiger partial charge < -0.3 is 5.11 Å². The summed E-state index contributed by atoms with van der Waals surface area (Å²) in [6, 6.07) is 7.14. The maximum atomic E-state index is 12.3. The summed E-state index contributed by atoms with van der Waals surface area (Å²) in [4.78, 5) is 15.9. The molecule has 1 aromatic rings. The summed E-state index contributed by atoms with van der Waals surface area (Å²) >= 11 is 1.42. The second-order valence-electron chi connectivity index (χ2n) is 3.90. The number of rotatable bonds is 2. The van der Waals surface area contributed by atoms with Gasteiger partial charge in [-0.1, -0.05) is 23.3 Å². The van der Waals surface area contributed by atoms with Crippen LogP contribution in [0.2, 0.25) is 0 Å². The number of azide groups is 1. The van der Waals surface area contributed by atoms with E-state index in [0.717, 1.165) is 4.90 Å². The average Bonchev–Trinajstić information content (AvgIpc) is 2.33. The Morgan fingerprint density at radius 1 is 1.59 bits per heavy atom. The van der Waals surface area contributed by atoms with Crippen molar-refractivity contribution in [1.82, 2.24) is 0 Å². The molecule has 88 valence electrons. The topological polar surface area (TPSA) is 86.1 Å². The van der Waals surface area contributed by atoms with Gasteiger partial charge in [-0.2, -0.15) is 0 Å². The molecule has 1 aliphatic heterocycles. The molecule has 2 rings (SSSR count). The number of benzene rings is 1. The van der Waals surface area contributed by atoms with Gasteiger partial charge in [0, 0.05) is 21.1 Å². The first-order valence-corrected chi connectivity index (χ1v) is 6.11. The lowest BCUT2D eigenvalue weighted by molar-refractivity contribution is 0.0678. The van der Waals surface area contributed by atoms with Gasteiger partial charge in [-0.05, 0) is 18.5 Å². The fourth-order valence-corrected chi connectivity index (χ4v) is 3.11. The maximum absolute atomic E-state index is 12.3. The van der Waals surface area contributed by atoms with Crippen molar-refractivity contribution in [2.45, 2.75) is 23.5 Å². The molecule has 17 heavy (non-hydrogen) atoms. The highest BCUT2D eigenvalue weighted by Crippen LogP contribution is 2.38. The summed E-state index contributed by atoms with van der Waals surface area (Å²) in [5.74, 6) is -0.0375. The quantitative estimate of drug-likeness (QED) is 0.496. The van der Waals surface area contributed by atoms with E-state index in [9.17, 15) is 9.90 Å². The van der Waals surface area contributed by atoms with Gasteiger partial charge >= 0.3 is 0 Å². The second-order valence-corrected chi connectivity index (χ2v) is 4.92. The number of Topliss-reactive ketones (excluding diaryl/α,β-unsaturated/α-hetero) is 1. The fourth-order valence-electron chi connectivity index (χ4n) is 1.81. The van der Waals surface area contributed by atoms with Gasteiger partial charge in [-0.25, -0.2) is 0 Å². The first-order chi connectivity index (χ1) is 8.12. The van der Waals surface area contributed by atoms with E-state index in [2.05, 4.69) is 10.0 Å². The molecule has 0 spiro atoms. The molecule has 2 atom stereocenters. The summed E-state index contributed by atoms with van der Waals surface area (Å²) in [6.45, 7) is 1.47. The molecule has 0 fully saturated rings. The fraction of sp³-hybridized carbons (Fsp3) is 0.364. The minimum absolute atomic E-state index is 0.268. The monoisotopic (exact) mass is 249 g/mol. The molecular weight excluding hydrogens is 238 g/mol. The lowest BCUT2D eigenvalue weighted by Crippen LogP contribution is -2.50. The van der Waals surface area contributed by atoms with E-state index in [4.69, 9.17) is 5.53 Å². The number of carbonyl (C=O) groups excluding carboxylic acids is 1. The maximum Gasteiger partial charge on any atom is 0.179 e. The number of hydrogen-bond acceptors (Lipinski definition) is 4. The average molecular weight is 249 g/mol. The van der Waals surface area contributed by atoms with E-state index in [-0.39, 0.29) is 11.5 Å². The number of ketones is 1. The van der Waals surface area contributed by atoms with E-state index in [1.807, 2.05) is 12.1 Å². The Labute approximate surface area is 102 Å². The number of aliphatic hydroxyl groups excluding tert-OH is 1. The van der Waals surface area contributed by atoms with Crippen LogP contribution in [0.25, 0.3) is 10.4 Å². The number of carbonyl (C=O) groups is 1. The molecule has 1 aliphatic rings. The minimum Gasteiger partial charge on any atom is -0.392 e. The molecule has 0 aromatic heterocycles. The number of thioether (sulfide) groups is 1. The standard InChI is InChI=1S/C11H11N3O2S/c1-7(15)11(13-14-12)6-17-9-5-3-2-4-8(9)10(11)16/h2-5,7,15H,6H2,1H3/t7-,11-/m0/s1. The van der Waals surface area contributed by atoms with Crippen LogP contribution in [-0.4, -0.2) is 28.3 Å². The highest BCUT2D eigenvalue weighted by Gasteiger charge is 2.46. The Hall–Kier alpha value is -1.49. The Morgan fingerprint density at radius 2 is 2.29 bits per heavy atom. The van der Waals surface area contributed by atoms with Crippen LogP contribution in [0, 0.1) is 0 Å². The second kappa shape index (κ2) is 4.41. The van der Waals surface area contributed by atoms with Gasteiger partial charge in [-0.15, -0.1) is 11.8 Å². The molecular formula is C11H11N3O2S. The number of hydrogen-bond donors (Lipinski definition) is 1. The molecule has 1 N–H and O–H groups in total. The van der Waals surface area contributed by atoms with E-state index < -0.39 is 11.6 Å². The Morgan fingerprint density at radius 3 is 2.94 bits per heavy atom. The van der Waals surface area contributed by atoms with Crippen LogP contribution in [0.4, 0.5) is 0 Å².